The first kappa shape index (κ1) is 19.8. The van der Waals surface area contributed by atoms with Crippen LogP contribution in [0.2, 0.25) is 0 Å². The first-order valence-electron chi connectivity index (χ1n) is 11.3. The molecule has 5 rings (SSSR count). The SMILES string of the molecule is C[C@]12CC[C@@H](OC(=O)c3ccc(Br)o3)C[C@@H]1CC[C@H]1[C@H]2CC[C@]2(C)C(=O)CC[C@@H]12. The molecule has 1 aromatic heterocycles. The highest BCUT2D eigenvalue weighted by Gasteiger charge is 2.60. The maximum atomic E-state index is 12.6. The third-order valence-electron chi connectivity index (χ3n) is 9.37. The molecule has 4 aliphatic rings. The zero-order valence-electron chi connectivity index (χ0n) is 17.4. The van der Waals surface area contributed by atoms with E-state index >= 15 is 0 Å². The van der Waals surface area contributed by atoms with Crippen molar-refractivity contribution in [2.45, 2.75) is 77.7 Å². The summed E-state index contributed by atoms with van der Waals surface area (Å²) in [5, 5.41) is 0. The van der Waals surface area contributed by atoms with Gasteiger partial charge in [0.2, 0.25) is 5.76 Å². The van der Waals surface area contributed by atoms with E-state index in [9.17, 15) is 9.59 Å². The molecule has 0 aliphatic heterocycles. The Hall–Kier alpha value is -1.10. The van der Waals surface area contributed by atoms with Gasteiger partial charge in [0, 0.05) is 11.8 Å². The molecular formula is C24H31BrO4. The Kier molecular flexibility index (Phi) is 4.76. The van der Waals surface area contributed by atoms with Crippen molar-refractivity contribution in [2.24, 2.45) is 34.5 Å². The van der Waals surface area contributed by atoms with Crippen molar-refractivity contribution < 1.29 is 18.7 Å². The molecule has 1 aromatic rings. The molecule has 29 heavy (non-hydrogen) atoms. The van der Waals surface area contributed by atoms with Crippen LogP contribution < -0.4 is 0 Å². The van der Waals surface area contributed by atoms with E-state index in [-0.39, 0.29) is 23.2 Å². The Bertz CT molecular complexity index is 831. The largest absolute Gasteiger partial charge is 0.457 e. The standard InChI is InChI=1S/C24H31BrO4/c1-23-11-9-15(28-22(27)19-6-8-21(25)29-19)13-14(23)3-4-16-17-5-7-20(26)24(17,2)12-10-18(16)23/h6,8,14-18H,3-5,7,9-13H2,1-2H3/t14-,15+,16+,17-,18+,23-,24-/m0/s1. The number of ketones is 1. The van der Waals surface area contributed by atoms with Crippen LogP contribution in [0.4, 0.5) is 0 Å². The highest BCUT2D eigenvalue weighted by molar-refractivity contribution is 9.10. The Labute approximate surface area is 181 Å². The lowest BCUT2D eigenvalue weighted by Gasteiger charge is -2.60. The molecule has 0 N–H and O–H groups in total. The van der Waals surface area contributed by atoms with Crippen LogP contribution in [-0.4, -0.2) is 17.9 Å². The van der Waals surface area contributed by atoms with Crippen LogP contribution >= 0.6 is 15.9 Å². The number of carbonyl (C=O) groups is 2. The third kappa shape index (κ3) is 3.05. The van der Waals surface area contributed by atoms with E-state index in [1.54, 1.807) is 12.1 Å². The Morgan fingerprint density at radius 1 is 1.10 bits per heavy atom. The zero-order valence-corrected chi connectivity index (χ0v) is 19.0. The van der Waals surface area contributed by atoms with Gasteiger partial charge in [0.1, 0.15) is 11.9 Å². The summed E-state index contributed by atoms with van der Waals surface area (Å²) < 4.78 is 11.7. The van der Waals surface area contributed by atoms with Gasteiger partial charge in [-0.05, 0) is 109 Å². The second-order valence-corrected chi connectivity index (χ2v) is 11.3. The smallest absolute Gasteiger partial charge is 0.374 e. The lowest BCUT2D eigenvalue weighted by Crippen LogP contribution is -2.54. The number of fused-ring (bicyclic) bond motifs is 5. The Balaban J connectivity index is 1.29. The first-order chi connectivity index (χ1) is 13.8. The normalized spacial score (nSPS) is 44.0. The number of hydrogen-bond acceptors (Lipinski definition) is 4. The summed E-state index contributed by atoms with van der Waals surface area (Å²) in [6, 6.07) is 3.38. The van der Waals surface area contributed by atoms with Crippen molar-refractivity contribution in [2.75, 3.05) is 0 Å². The predicted octanol–water partition coefficient (Wildman–Crippen LogP) is 6.18. The lowest BCUT2D eigenvalue weighted by atomic mass is 9.45. The molecule has 0 spiro atoms. The maximum Gasteiger partial charge on any atom is 0.374 e. The fourth-order valence-corrected chi connectivity index (χ4v) is 8.04. The van der Waals surface area contributed by atoms with E-state index < -0.39 is 0 Å². The maximum absolute atomic E-state index is 12.6. The zero-order chi connectivity index (χ0) is 20.4. The van der Waals surface area contributed by atoms with Gasteiger partial charge < -0.3 is 9.15 Å². The quantitative estimate of drug-likeness (QED) is 0.492. The molecule has 158 valence electrons. The summed E-state index contributed by atoms with van der Waals surface area (Å²) in [4.78, 5) is 25.0. The summed E-state index contributed by atoms with van der Waals surface area (Å²) >= 11 is 3.24. The van der Waals surface area contributed by atoms with Crippen molar-refractivity contribution >= 4 is 27.7 Å². The highest BCUT2D eigenvalue weighted by atomic mass is 79.9. The number of ether oxygens (including phenoxy) is 1. The van der Waals surface area contributed by atoms with Gasteiger partial charge in [-0.15, -0.1) is 0 Å². The molecule has 4 saturated carbocycles. The minimum absolute atomic E-state index is 0.0112. The number of rotatable bonds is 2. The fraction of sp³-hybridized carbons (Fsp3) is 0.750. The van der Waals surface area contributed by atoms with Crippen LogP contribution in [0.1, 0.15) is 82.2 Å². The van der Waals surface area contributed by atoms with Gasteiger partial charge in [-0.25, -0.2) is 4.79 Å². The monoisotopic (exact) mass is 462 g/mol. The van der Waals surface area contributed by atoms with E-state index in [0.29, 0.717) is 33.6 Å². The van der Waals surface area contributed by atoms with Gasteiger partial charge in [-0.2, -0.15) is 0 Å². The second kappa shape index (κ2) is 6.96. The average Bonchev–Trinajstić information content (AvgIpc) is 3.25. The Morgan fingerprint density at radius 2 is 1.93 bits per heavy atom. The van der Waals surface area contributed by atoms with Crippen molar-refractivity contribution in [3.8, 4) is 0 Å². The van der Waals surface area contributed by atoms with E-state index in [1.807, 2.05) is 0 Å². The number of carbonyl (C=O) groups excluding carboxylic acids is 2. The van der Waals surface area contributed by atoms with Gasteiger partial charge in [-0.3, -0.25) is 4.79 Å². The minimum atomic E-state index is -0.351. The number of furan rings is 1. The van der Waals surface area contributed by atoms with Crippen LogP contribution in [0.25, 0.3) is 0 Å². The Morgan fingerprint density at radius 3 is 2.69 bits per heavy atom. The summed E-state index contributed by atoms with van der Waals surface area (Å²) in [7, 11) is 0. The topological polar surface area (TPSA) is 56.5 Å². The van der Waals surface area contributed by atoms with E-state index in [4.69, 9.17) is 9.15 Å². The molecular weight excluding hydrogens is 432 g/mol. The molecule has 1 heterocycles. The van der Waals surface area contributed by atoms with Gasteiger partial charge in [-0.1, -0.05) is 13.8 Å². The van der Waals surface area contributed by atoms with Crippen LogP contribution in [-0.2, 0) is 9.53 Å². The molecule has 4 fully saturated rings. The minimum Gasteiger partial charge on any atom is -0.457 e. The van der Waals surface area contributed by atoms with Crippen LogP contribution in [0.15, 0.2) is 21.2 Å². The molecule has 0 amide bonds. The molecule has 0 radical (unpaired) electrons. The van der Waals surface area contributed by atoms with Gasteiger partial charge in [0.05, 0.1) is 0 Å². The summed E-state index contributed by atoms with van der Waals surface area (Å²) in [5.41, 5.74) is 0.279. The lowest BCUT2D eigenvalue weighted by molar-refractivity contribution is -0.142. The summed E-state index contributed by atoms with van der Waals surface area (Å²) in [6.45, 7) is 4.75. The number of halogens is 1. The fourth-order valence-electron chi connectivity index (χ4n) is 7.73. The molecule has 0 saturated heterocycles. The van der Waals surface area contributed by atoms with Crippen LogP contribution in [0, 0.1) is 34.5 Å². The van der Waals surface area contributed by atoms with Crippen molar-refractivity contribution in [1.82, 2.24) is 0 Å². The van der Waals surface area contributed by atoms with Gasteiger partial charge in [0.15, 0.2) is 4.67 Å². The summed E-state index contributed by atoms with van der Waals surface area (Å²) in [5.74, 6) is 3.08. The second-order valence-electron chi connectivity index (χ2n) is 10.5. The molecule has 4 aliphatic carbocycles. The molecule has 5 heteroatoms. The number of hydrogen-bond donors (Lipinski definition) is 0. The molecule has 0 bridgehead atoms. The van der Waals surface area contributed by atoms with E-state index in [0.717, 1.165) is 44.4 Å². The van der Waals surface area contributed by atoms with E-state index in [1.165, 1.54) is 19.3 Å². The molecule has 4 nitrogen and oxygen atoms in total. The van der Waals surface area contributed by atoms with Gasteiger partial charge in [0.25, 0.3) is 0 Å². The number of esters is 1. The molecule has 0 unspecified atom stereocenters. The third-order valence-corrected chi connectivity index (χ3v) is 9.80. The van der Waals surface area contributed by atoms with E-state index in [2.05, 4.69) is 29.8 Å². The number of Topliss-reactive ketones (excluding diaryl/α,β-unsaturated/α-hetero) is 1. The summed E-state index contributed by atoms with van der Waals surface area (Å²) in [6.07, 6.45) is 9.63. The molecule has 0 aromatic carbocycles. The van der Waals surface area contributed by atoms with Crippen molar-refractivity contribution in [1.29, 1.82) is 0 Å². The van der Waals surface area contributed by atoms with Crippen LogP contribution in [0.3, 0.4) is 0 Å². The van der Waals surface area contributed by atoms with Crippen molar-refractivity contribution in [3.05, 3.63) is 22.6 Å². The highest BCUT2D eigenvalue weighted by Crippen LogP contribution is 2.65. The predicted molar refractivity (Wildman–Crippen MR) is 112 cm³/mol. The van der Waals surface area contributed by atoms with Crippen LogP contribution in [0.5, 0.6) is 0 Å². The first-order valence-corrected chi connectivity index (χ1v) is 12.1. The average molecular weight is 463 g/mol. The van der Waals surface area contributed by atoms with Gasteiger partial charge >= 0.3 is 5.97 Å². The van der Waals surface area contributed by atoms with Crippen molar-refractivity contribution in [3.63, 3.8) is 0 Å². The molecule has 7 atom stereocenters.